The highest BCUT2D eigenvalue weighted by molar-refractivity contribution is 5.99. The summed E-state index contributed by atoms with van der Waals surface area (Å²) < 4.78 is 0. The van der Waals surface area contributed by atoms with Gasteiger partial charge in [0.2, 0.25) is 5.91 Å². The van der Waals surface area contributed by atoms with Crippen molar-refractivity contribution < 1.29 is 9.59 Å². The molecule has 7 nitrogen and oxygen atoms in total. The van der Waals surface area contributed by atoms with Crippen LogP contribution in [0.25, 0.3) is 0 Å². The Bertz CT molecular complexity index is 848. The number of hydrogen-bond donors (Lipinski definition) is 2. The van der Waals surface area contributed by atoms with Crippen molar-refractivity contribution in [1.29, 1.82) is 0 Å². The maximum atomic E-state index is 12.3. The summed E-state index contributed by atoms with van der Waals surface area (Å²) in [5.41, 5.74) is 2.47. The Hall–Kier alpha value is -2.96. The molecule has 0 bridgehead atoms. The van der Waals surface area contributed by atoms with Crippen molar-refractivity contribution in [2.75, 3.05) is 24.5 Å². The molecule has 0 spiro atoms. The number of carbonyl (C=O) groups excluding carboxylic acids is 2. The molecule has 2 N–H and O–H groups in total. The second-order valence-electron chi connectivity index (χ2n) is 6.98. The van der Waals surface area contributed by atoms with Crippen molar-refractivity contribution in [2.45, 2.75) is 31.7 Å². The van der Waals surface area contributed by atoms with Crippen LogP contribution in [0.3, 0.4) is 0 Å². The van der Waals surface area contributed by atoms with E-state index < -0.39 is 0 Å². The molecule has 7 heteroatoms. The number of rotatable bonds is 6. The molecule has 1 aromatic carbocycles. The summed E-state index contributed by atoms with van der Waals surface area (Å²) in [7, 11) is 0. The highest BCUT2D eigenvalue weighted by Crippen LogP contribution is 2.27. The summed E-state index contributed by atoms with van der Waals surface area (Å²) in [6, 6.07) is 9.15. The molecule has 1 saturated heterocycles. The van der Waals surface area contributed by atoms with E-state index in [1.807, 2.05) is 24.3 Å². The number of fused-ring (bicyclic) bond motifs is 1. The minimum atomic E-state index is -0.255. The molecule has 2 aliphatic rings. The number of benzene rings is 1. The van der Waals surface area contributed by atoms with Crippen LogP contribution in [0.4, 0.5) is 5.82 Å². The summed E-state index contributed by atoms with van der Waals surface area (Å²) in [4.78, 5) is 35.1. The molecular formula is C20H23N5O2. The summed E-state index contributed by atoms with van der Waals surface area (Å²) in [6.07, 6.45) is 4.90. The molecule has 27 heavy (non-hydrogen) atoms. The van der Waals surface area contributed by atoms with Gasteiger partial charge < -0.3 is 15.5 Å². The number of nitrogens with one attached hydrogen (secondary N) is 2. The van der Waals surface area contributed by atoms with Crippen molar-refractivity contribution >= 4 is 17.6 Å². The van der Waals surface area contributed by atoms with Crippen LogP contribution in [-0.2, 0) is 11.2 Å². The number of aromatic nitrogens is 2. The highest BCUT2D eigenvalue weighted by Gasteiger charge is 2.29. The Balaban J connectivity index is 1.28. The lowest BCUT2D eigenvalue weighted by Crippen LogP contribution is -2.30. The van der Waals surface area contributed by atoms with Crippen molar-refractivity contribution in [3.63, 3.8) is 0 Å². The van der Waals surface area contributed by atoms with Gasteiger partial charge in [-0.2, -0.15) is 0 Å². The van der Waals surface area contributed by atoms with Gasteiger partial charge in [0, 0.05) is 43.4 Å². The normalized spacial score (nSPS) is 18.3. The van der Waals surface area contributed by atoms with E-state index in [0.717, 1.165) is 30.2 Å². The van der Waals surface area contributed by atoms with Gasteiger partial charge in [0.25, 0.3) is 5.91 Å². The molecular weight excluding hydrogens is 342 g/mol. The van der Waals surface area contributed by atoms with E-state index in [9.17, 15) is 9.59 Å². The monoisotopic (exact) mass is 365 g/mol. The first-order valence-electron chi connectivity index (χ1n) is 9.43. The molecule has 2 aliphatic heterocycles. The van der Waals surface area contributed by atoms with Crippen LogP contribution in [0.2, 0.25) is 0 Å². The third kappa shape index (κ3) is 3.92. The Morgan fingerprint density at radius 3 is 2.89 bits per heavy atom. The van der Waals surface area contributed by atoms with Gasteiger partial charge in [0.05, 0.1) is 12.5 Å². The average Bonchev–Trinajstić information content (AvgIpc) is 3.32. The third-order valence-electron chi connectivity index (χ3n) is 5.12. The molecule has 1 fully saturated rings. The van der Waals surface area contributed by atoms with Crippen molar-refractivity contribution in [1.82, 2.24) is 20.6 Å². The maximum absolute atomic E-state index is 12.3. The van der Waals surface area contributed by atoms with Gasteiger partial charge in [0.1, 0.15) is 12.1 Å². The third-order valence-corrected chi connectivity index (χ3v) is 5.12. The zero-order chi connectivity index (χ0) is 18.6. The van der Waals surface area contributed by atoms with E-state index >= 15 is 0 Å². The van der Waals surface area contributed by atoms with E-state index in [-0.39, 0.29) is 24.3 Å². The summed E-state index contributed by atoms with van der Waals surface area (Å²) in [6.45, 7) is 2.60. The first-order valence-corrected chi connectivity index (χ1v) is 9.43. The fraction of sp³-hybridized carbons (Fsp3) is 0.400. The largest absolute Gasteiger partial charge is 0.357 e. The van der Waals surface area contributed by atoms with E-state index in [0.29, 0.717) is 18.5 Å². The Kier molecular flexibility index (Phi) is 5.00. The SMILES string of the molecule is O=C(C[C@@H]1NC(=O)c2ccccc21)NCCc1cc(N2CCCC2)ncn1. The van der Waals surface area contributed by atoms with E-state index in [2.05, 4.69) is 25.5 Å². The van der Waals surface area contributed by atoms with Gasteiger partial charge in [-0.3, -0.25) is 9.59 Å². The highest BCUT2D eigenvalue weighted by atomic mass is 16.2. The van der Waals surface area contributed by atoms with Crippen LogP contribution in [-0.4, -0.2) is 41.4 Å². The van der Waals surface area contributed by atoms with Gasteiger partial charge in [0.15, 0.2) is 0 Å². The van der Waals surface area contributed by atoms with Gasteiger partial charge >= 0.3 is 0 Å². The minimum Gasteiger partial charge on any atom is -0.357 e. The lowest BCUT2D eigenvalue weighted by atomic mass is 10.0. The molecule has 0 radical (unpaired) electrons. The summed E-state index contributed by atoms with van der Waals surface area (Å²) in [5.74, 6) is 0.777. The smallest absolute Gasteiger partial charge is 0.252 e. The van der Waals surface area contributed by atoms with Gasteiger partial charge in [-0.15, -0.1) is 0 Å². The molecule has 2 amide bonds. The number of hydrogen-bond acceptors (Lipinski definition) is 5. The lowest BCUT2D eigenvalue weighted by molar-refractivity contribution is -0.121. The summed E-state index contributed by atoms with van der Waals surface area (Å²) >= 11 is 0. The van der Waals surface area contributed by atoms with Gasteiger partial charge in [-0.05, 0) is 24.5 Å². The number of carbonyl (C=O) groups is 2. The van der Waals surface area contributed by atoms with Gasteiger partial charge in [-0.25, -0.2) is 9.97 Å². The minimum absolute atomic E-state index is 0.0779. The second-order valence-corrected chi connectivity index (χ2v) is 6.98. The first kappa shape index (κ1) is 17.5. The molecule has 140 valence electrons. The molecule has 2 aromatic rings. The molecule has 4 rings (SSSR count). The average molecular weight is 365 g/mol. The molecule has 0 unspecified atom stereocenters. The topological polar surface area (TPSA) is 87.2 Å². The fourth-order valence-corrected chi connectivity index (χ4v) is 3.71. The van der Waals surface area contributed by atoms with Crippen molar-refractivity contribution in [3.05, 3.63) is 53.5 Å². The zero-order valence-electron chi connectivity index (χ0n) is 15.1. The molecule has 0 aliphatic carbocycles. The standard InChI is InChI=1S/C20H23N5O2/c26-19(12-17-15-5-1-2-6-16(15)20(27)24-17)21-8-7-14-11-18(23-13-22-14)25-9-3-4-10-25/h1-2,5-6,11,13,17H,3-4,7-10,12H2,(H,21,26)(H,24,27)/t17-/m0/s1. The van der Waals surface area contributed by atoms with E-state index in [4.69, 9.17) is 0 Å². The van der Waals surface area contributed by atoms with Gasteiger partial charge in [-0.1, -0.05) is 18.2 Å². The Morgan fingerprint density at radius 2 is 2.04 bits per heavy atom. The van der Waals surface area contributed by atoms with Crippen LogP contribution in [0.15, 0.2) is 36.7 Å². The molecule has 1 atom stereocenters. The maximum Gasteiger partial charge on any atom is 0.252 e. The first-order chi connectivity index (χ1) is 13.2. The predicted octanol–water partition coefficient (Wildman–Crippen LogP) is 1.61. The van der Waals surface area contributed by atoms with E-state index in [1.165, 1.54) is 12.8 Å². The molecule has 1 aromatic heterocycles. The van der Waals surface area contributed by atoms with Crippen LogP contribution in [0.5, 0.6) is 0 Å². The molecule has 0 saturated carbocycles. The van der Waals surface area contributed by atoms with Crippen LogP contribution >= 0.6 is 0 Å². The summed E-state index contributed by atoms with van der Waals surface area (Å²) in [5, 5.41) is 5.80. The number of nitrogens with zero attached hydrogens (tertiary/aromatic N) is 3. The fourth-order valence-electron chi connectivity index (χ4n) is 3.71. The van der Waals surface area contributed by atoms with E-state index in [1.54, 1.807) is 12.4 Å². The molecule has 3 heterocycles. The second kappa shape index (κ2) is 7.73. The van der Waals surface area contributed by atoms with Crippen molar-refractivity contribution in [2.24, 2.45) is 0 Å². The van der Waals surface area contributed by atoms with Crippen LogP contribution < -0.4 is 15.5 Å². The quantitative estimate of drug-likeness (QED) is 0.812. The predicted molar refractivity (Wildman–Crippen MR) is 101 cm³/mol. The van der Waals surface area contributed by atoms with Crippen LogP contribution in [0, 0.1) is 0 Å². The number of anilines is 1. The Labute approximate surface area is 158 Å². The lowest BCUT2D eigenvalue weighted by Gasteiger charge is -2.16. The van der Waals surface area contributed by atoms with Crippen molar-refractivity contribution in [3.8, 4) is 0 Å². The van der Waals surface area contributed by atoms with Crippen LogP contribution in [0.1, 0.15) is 46.9 Å². The Morgan fingerprint density at radius 1 is 1.22 bits per heavy atom. The number of amides is 2. The zero-order valence-corrected chi connectivity index (χ0v) is 15.1.